The van der Waals surface area contributed by atoms with Gasteiger partial charge in [-0.25, -0.2) is 13.2 Å². The highest BCUT2D eigenvalue weighted by molar-refractivity contribution is 6.36. The summed E-state index contributed by atoms with van der Waals surface area (Å²) in [6.45, 7) is 1.57. The van der Waals surface area contributed by atoms with Crippen molar-refractivity contribution in [2.75, 3.05) is 6.54 Å². The number of halogens is 4. The molecule has 154 valence electrons. The number of aryl methyl sites for hydroxylation is 1. The predicted octanol–water partition coefficient (Wildman–Crippen LogP) is 4.71. The predicted molar refractivity (Wildman–Crippen MR) is 103 cm³/mol. The molecular formula is C20H24ClF3N2O2. The minimum Gasteiger partial charge on any atom is -0.388 e. The number of carbonyl (C=O) groups is 1. The molecule has 1 saturated carbocycles. The highest BCUT2D eigenvalue weighted by Gasteiger charge is 2.39. The first-order valence-electron chi connectivity index (χ1n) is 9.35. The Hall–Kier alpha value is -1.73. The third-order valence-electron chi connectivity index (χ3n) is 5.49. The van der Waals surface area contributed by atoms with E-state index in [9.17, 15) is 23.1 Å². The Bertz CT molecular complexity index is 856. The van der Waals surface area contributed by atoms with E-state index in [4.69, 9.17) is 11.6 Å². The topological polar surface area (TPSA) is 54.3 Å². The van der Waals surface area contributed by atoms with Gasteiger partial charge >= 0.3 is 0 Å². The Labute approximate surface area is 166 Å². The molecule has 0 aliphatic heterocycles. The van der Waals surface area contributed by atoms with Crippen LogP contribution in [0.25, 0.3) is 10.9 Å². The Balaban J connectivity index is 1.78. The van der Waals surface area contributed by atoms with Gasteiger partial charge in [0.2, 0.25) is 6.43 Å². The summed E-state index contributed by atoms with van der Waals surface area (Å²) in [6, 6.07) is 5.05. The van der Waals surface area contributed by atoms with E-state index in [0.29, 0.717) is 15.9 Å². The standard InChI is InChI=1S/C20H24ClF3N2O2/c1-19(24)6-8-20(28,9-7-19)12-25-18(27)13-11-26(10-5-16(22)23)15-4-2-3-14(21)17(13)15/h2-4,11,16,28H,5-10,12H2,1H3,(H,25,27). The molecule has 1 aromatic carbocycles. The van der Waals surface area contributed by atoms with Crippen LogP contribution in [0.3, 0.4) is 0 Å². The lowest BCUT2D eigenvalue weighted by Gasteiger charge is -2.37. The highest BCUT2D eigenvalue weighted by atomic mass is 35.5. The molecule has 1 aliphatic carbocycles. The Morgan fingerprint density at radius 3 is 2.64 bits per heavy atom. The lowest BCUT2D eigenvalue weighted by atomic mass is 9.78. The zero-order chi connectivity index (χ0) is 20.5. The second kappa shape index (κ2) is 7.95. The molecule has 1 heterocycles. The maximum Gasteiger partial charge on any atom is 0.253 e. The molecular weight excluding hydrogens is 393 g/mol. The van der Waals surface area contributed by atoms with Crippen LogP contribution in [0.4, 0.5) is 13.2 Å². The van der Waals surface area contributed by atoms with Gasteiger partial charge in [0, 0.05) is 31.1 Å². The maximum atomic E-state index is 14.0. The van der Waals surface area contributed by atoms with Crippen LogP contribution in [-0.2, 0) is 6.54 Å². The van der Waals surface area contributed by atoms with E-state index < -0.39 is 23.6 Å². The number of aromatic nitrogens is 1. The third kappa shape index (κ3) is 4.63. The summed E-state index contributed by atoms with van der Waals surface area (Å²) in [4.78, 5) is 12.8. The molecule has 1 amide bonds. The first-order chi connectivity index (χ1) is 13.1. The monoisotopic (exact) mass is 416 g/mol. The smallest absolute Gasteiger partial charge is 0.253 e. The average molecular weight is 417 g/mol. The maximum absolute atomic E-state index is 14.0. The van der Waals surface area contributed by atoms with Gasteiger partial charge in [-0.15, -0.1) is 0 Å². The van der Waals surface area contributed by atoms with Gasteiger partial charge in [-0.2, -0.15) is 0 Å². The van der Waals surface area contributed by atoms with Crippen LogP contribution in [-0.4, -0.2) is 39.8 Å². The second-order valence-corrected chi connectivity index (χ2v) is 8.28. The molecule has 4 nitrogen and oxygen atoms in total. The molecule has 1 aliphatic rings. The fourth-order valence-electron chi connectivity index (χ4n) is 3.66. The fraction of sp³-hybridized carbons (Fsp3) is 0.550. The number of rotatable bonds is 6. The van der Waals surface area contributed by atoms with E-state index in [1.54, 1.807) is 22.8 Å². The summed E-state index contributed by atoms with van der Waals surface area (Å²) < 4.78 is 40.8. The Morgan fingerprint density at radius 1 is 1.32 bits per heavy atom. The number of benzene rings is 1. The highest BCUT2D eigenvalue weighted by Crippen LogP contribution is 2.37. The fourth-order valence-corrected chi connectivity index (χ4v) is 3.93. The van der Waals surface area contributed by atoms with Gasteiger partial charge in [0.25, 0.3) is 5.91 Å². The Kier molecular flexibility index (Phi) is 5.96. The van der Waals surface area contributed by atoms with E-state index in [2.05, 4.69) is 5.32 Å². The van der Waals surface area contributed by atoms with Crippen LogP contribution >= 0.6 is 11.6 Å². The van der Waals surface area contributed by atoms with Gasteiger partial charge in [-0.3, -0.25) is 4.79 Å². The molecule has 0 unspecified atom stereocenters. The van der Waals surface area contributed by atoms with Crippen molar-refractivity contribution in [2.45, 2.75) is 63.3 Å². The van der Waals surface area contributed by atoms with Crippen LogP contribution in [0.15, 0.2) is 24.4 Å². The van der Waals surface area contributed by atoms with Crippen molar-refractivity contribution in [3.8, 4) is 0 Å². The lowest BCUT2D eigenvalue weighted by Crippen LogP contribution is -2.47. The second-order valence-electron chi connectivity index (χ2n) is 7.87. The molecule has 8 heteroatoms. The molecule has 0 bridgehead atoms. The minimum atomic E-state index is -2.45. The zero-order valence-corrected chi connectivity index (χ0v) is 16.4. The lowest BCUT2D eigenvalue weighted by molar-refractivity contribution is -0.0374. The van der Waals surface area contributed by atoms with Crippen molar-refractivity contribution < 1.29 is 23.1 Å². The summed E-state index contributed by atoms with van der Waals surface area (Å²) in [7, 11) is 0. The number of nitrogens with one attached hydrogen (secondary N) is 1. The molecule has 0 spiro atoms. The van der Waals surface area contributed by atoms with Crippen LogP contribution in [0, 0.1) is 0 Å². The zero-order valence-electron chi connectivity index (χ0n) is 15.7. The average Bonchev–Trinajstić information content (AvgIpc) is 3.01. The largest absolute Gasteiger partial charge is 0.388 e. The summed E-state index contributed by atoms with van der Waals surface area (Å²) >= 11 is 6.26. The molecule has 0 saturated heterocycles. The van der Waals surface area contributed by atoms with Crippen LogP contribution in [0.1, 0.15) is 49.4 Å². The number of fused-ring (bicyclic) bond motifs is 1. The van der Waals surface area contributed by atoms with Crippen LogP contribution in [0.2, 0.25) is 5.02 Å². The quantitative estimate of drug-likeness (QED) is 0.716. The van der Waals surface area contributed by atoms with E-state index in [1.165, 1.54) is 13.1 Å². The van der Waals surface area contributed by atoms with Crippen molar-refractivity contribution in [3.05, 3.63) is 35.0 Å². The first-order valence-corrected chi connectivity index (χ1v) is 9.73. The number of amides is 1. The summed E-state index contributed by atoms with van der Waals surface area (Å²) in [5, 5.41) is 14.2. The van der Waals surface area contributed by atoms with Crippen molar-refractivity contribution in [3.63, 3.8) is 0 Å². The van der Waals surface area contributed by atoms with Gasteiger partial charge in [0.05, 0.1) is 21.7 Å². The molecule has 28 heavy (non-hydrogen) atoms. The number of aliphatic hydroxyl groups is 1. The molecule has 2 N–H and O–H groups in total. The minimum absolute atomic E-state index is 0.00390. The number of nitrogens with zero attached hydrogens (tertiary/aromatic N) is 1. The van der Waals surface area contributed by atoms with E-state index >= 15 is 0 Å². The van der Waals surface area contributed by atoms with Gasteiger partial charge in [0.15, 0.2) is 0 Å². The molecule has 0 atom stereocenters. The van der Waals surface area contributed by atoms with Gasteiger partial charge in [-0.05, 0) is 44.7 Å². The van der Waals surface area contributed by atoms with Gasteiger partial charge in [0.1, 0.15) is 5.67 Å². The number of carbonyl (C=O) groups excluding carboxylic acids is 1. The van der Waals surface area contributed by atoms with Crippen molar-refractivity contribution in [1.82, 2.24) is 9.88 Å². The van der Waals surface area contributed by atoms with Crippen molar-refractivity contribution >= 4 is 28.4 Å². The van der Waals surface area contributed by atoms with Crippen molar-refractivity contribution in [2.24, 2.45) is 0 Å². The third-order valence-corrected chi connectivity index (χ3v) is 5.80. The molecule has 3 rings (SSSR count). The number of hydrogen-bond acceptors (Lipinski definition) is 2. The van der Waals surface area contributed by atoms with E-state index in [0.717, 1.165) is 0 Å². The molecule has 2 aromatic rings. The van der Waals surface area contributed by atoms with Gasteiger partial charge in [-0.1, -0.05) is 17.7 Å². The normalized spacial score (nSPS) is 25.4. The van der Waals surface area contributed by atoms with E-state index in [1.807, 2.05) is 0 Å². The van der Waals surface area contributed by atoms with E-state index in [-0.39, 0.29) is 50.8 Å². The molecule has 1 fully saturated rings. The number of hydrogen-bond donors (Lipinski definition) is 2. The summed E-state index contributed by atoms with van der Waals surface area (Å²) in [5.74, 6) is -0.448. The SMILES string of the molecule is CC1(F)CCC(O)(CNC(=O)c2cn(CCC(F)F)c3cccc(Cl)c23)CC1. The summed E-state index contributed by atoms with van der Waals surface area (Å²) in [6.07, 6.45) is -0.280. The Morgan fingerprint density at radius 2 is 2.00 bits per heavy atom. The summed E-state index contributed by atoms with van der Waals surface area (Å²) in [5.41, 5.74) is -1.58. The first kappa shape index (κ1) is 21.0. The van der Waals surface area contributed by atoms with Gasteiger partial charge < -0.3 is 15.0 Å². The van der Waals surface area contributed by atoms with Crippen LogP contribution in [0.5, 0.6) is 0 Å². The van der Waals surface area contributed by atoms with Crippen molar-refractivity contribution in [1.29, 1.82) is 0 Å². The molecule has 1 aromatic heterocycles. The number of alkyl halides is 3. The molecule has 0 radical (unpaired) electrons. The van der Waals surface area contributed by atoms with Crippen LogP contribution < -0.4 is 5.32 Å².